The SMILES string of the molecule is CN(C)CCNC(=O)Nc1c2c(cc3c1OCC3)OCC2. The average Bonchev–Trinajstić information content (AvgIpc) is 3.06. The molecule has 114 valence electrons. The van der Waals surface area contributed by atoms with Crippen molar-refractivity contribution in [2.45, 2.75) is 12.8 Å². The third-order valence-corrected chi connectivity index (χ3v) is 3.73. The van der Waals surface area contributed by atoms with Crippen LogP contribution in [0.5, 0.6) is 11.5 Å². The molecular formula is C15H21N3O3. The molecule has 1 aromatic rings. The molecule has 2 aliphatic heterocycles. The quantitative estimate of drug-likeness (QED) is 0.876. The van der Waals surface area contributed by atoms with Gasteiger partial charge in [0.15, 0.2) is 0 Å². The van der Waals surface area contributed by atoms with Crippen LogP contribution in [0.4, 0.5) is 10.5 Å². The minimum atomic E-state index is -0.199. The normalized spacial score (nSPS) is 15.2. The second kappa shape index (κ2) is 5.81. The predicted octanol–water partition coefficient (Wildman–Crippen LogP) is 1.24. The van der Waals surface area contributed by atoms with Crippen molar-refractivity contribution in [3.63, 3.8) is 0 Å². The highest BCUT2D eigenvalue weighted by atomic mass is 16.5. The number of fused-ring (bicyclic) bond motifs is 2. The highest BCUT2D eigenvalue weighted by Crippen LogP contribution is 2.44. The molecule has 0 atom stereocenters. The summed E-state index contributed by atoms with van der Waals surface area (Å²) in [7, 11) is 3.95. The molecular weight excluding hydrogens is 270 g/mol. The van der Waals surface area contributed by atoms with Crippen LogP contribution in [-0.2, 0) is 12.8 Å². The van der Waals surface area contributed by atoms with Crippen molar-refractivity contribution in [2.75, 3.05) is 45.7 Å². The summed E-state index contributed by atoms with van der Waals surface area (Å²) in [6.07, 6.45) is 1.67. The second-order valence-electron chi connectivity index (χ2n) is 5.60. The van der Waals surface area contributed by atoms with Crippen LogP contribution in [0, 0.1) is 0 Å². The van der Waals surface area contributed by atoms with Gasteiger partial charge in [-0.25, -0.2) is 4.79 Å². The number of hydrogen-bond acceptors (Lipinski definition) is 4. The highest BCUT2D eigenvalue weighted by molar-refractivity contribution is 5.93. The number of rotatable bonds is 4. The van der Waals surface area contributed by atoms with E-state index in [1.165, 1.54) is 0 Å². The standard InChI is InChI=1S/C15H21N3O3/c1-18(2)6-5-16-15(19)17-13-11-4-8-20-12(11)9-10-3-7-21-14(10)13/h9H,3-8H2,1-2H3,(H2,16,17,19). The zero-order valence-corrected chi connectivity index (χ0v) is 12.5. The van der Waals surface area contributed by atoms with Gasteiger partial charge in [-0.1, -0.05) is 0 Å². The van der Waals surface area contributed by atoms with Gasteiger partial charge in [0.05, 0.1) is 18.9 Å². The van der Waals surface area contributed by atoms with Crippen molar-refractivity contribution < 1.29 is 14.3 Å². The highest BCUT2D eigenvalue weighted by Gasteiger charge is 2.27. The van der Waals surface area contributed by atoms with Crippen molar-refractivity contribution >= 4 is 11.7 Å². The molecule has 2 N–H and O–H groups in total. The molecule has 6 nitrogen and oxygen atoms in total. The Balaban J connectivity index is 1.74. The first kappa shape index (κ1) is 14.0. The molecule has 2 amide bonds. The van der Waals surface area contributed by atoms with Crippen LogP contribution in [0.25, 0.3) is 0 Å². The maximum Gasteiger partial charge on any atom is 0.319 e. The topological polar surface area (TPSA) is 62.8 Å². The summed E-state index contributed by atoms with van der Waals surface area (Å²) in [4.78, 5) is 14.1. The van der Waals surface area contributed by atoms with Gasteiger partial charge in [0.25, 0.3) is 0 Å². The third-order valence-electron chi connectivity index (χ3n) is 3.73. The minimum Gasteiger partial charge on any atom is -0.493 e. The number of ether oxygens (including phenoxy) is 2. The van der Waals surface area contributed by atoms with Crippen molar-refractivity contribution in [3.8, 4) is 11.5 Å². The van der Waals surface area contributed by atoms with Crippen LogP contribution in [0.3, 0.4) is 0 Å². The van der Waals surface area contributed by atoms with Gasteiger partial charge in [0.2, 0.25) is 0 Å². The summed E-state index contributed by atoms with van der Waals surface area (Å²) < 4.78 is 11.3. The largest absolute Gasteiger partial charge is 0.493 e. The molecule has 0 saturated carbocycles. The lowest BCUT2D eigenvalue weighted by Gasteiger charge is -2.15. The summed E-state index contributed by atoms with van der Waals surface area (Å²) in [5, 5.41) is 5.80. The van der Waals surface area contributed by atoms with E-state index in [1.54, 1.807) is 0 Å². The maximum atomic E-state index is 12.1. The van der Waals surface area contributed by atoms with Gasteiger partial charge >= 0.3 is 6.03 Å². The Kier molecular flexibility index (Phi) is 3.88. The van der Waals surface area contributed by atoms with Crippen LogP contribution in [0.15, 0.2) is 6.07 Å². The Hall–Kier alpha value is -1.95. The monoisotopic (exact) mass is 291 g/mol. The lowest BCUT2D eigenvalue weighted by atomic mass is 10.0. The fourth-order valence-electron chi connectivity index (χ4n) is 2.67. The lowest BCUT2D eigenvalue weighted by molar-refractivity contribution is 0.250. The van der Waals surface area contributed by atoms with E-state index in [4.69, 9.17) is 9.47 Å². The lowest BCUT2D eigenvalue weighted by Crippen LogP contribution is -2.34. The maximum absolute atomic E-state index is 12.1. The van der Waals surface area contributed by atoms with Gasteiger partial charge in [-0.3, -0.25) is 0 Å². The molecule has 21 heavy (non-hydrogen) atoms. The molecule has 0 aromatic heterocycles. The third kappa shape index (κ3) is 2.90. The molecule has 1 aromatic carbocycles. The van der Waals surface area contributed by atoms with E-state index in [-0.39, 0.29) is 6.03 Å². The number of anilines is 1. The van der Waals surface area contributed by atoms with Gasteiger partial charge in [-0.15, -0.1) is 0 Å². The Morgan fingerprint density at radius 2 is 2.10 bits per heavy atom. The van der Waals surface area contributed by atoms with Gasteiger partial charge in [0, 0.05) is 37.1 Å². The summed E-state index contributed by atoms with van der Waals surface area (Å²) >= 11 is 0. The molecule has 0 radical (unpaired) electrons. The Morgan fingerprint density at radius 3 is 2.90 bits per heavy atom. The minimum absolute atomic E-state index is 0.199. The molecule has 0 bridgehead atoms. The molecule has 6 heteroatoms. The zero-order chi connectivity index (χ0) is 14.8. The first-order chi connectivity index (χ1) is 10.1. The smallest absolute Gasteiger partial charge is 0.319 e. The van der Waals surface area contributed by atoms with Gasteiger partial charge < -0.3 is 25.0 Å². The van der Waals surface area contributed by atoms with Gasteiger partial charge in [-0.2, -0.15) is 0 Å². The zero-order valence-electron chi connectivity index (χ0n) is 12.5. The number of nitrogens with one attached hydrogen (secondary N) is 2. The summed E-state index contributed by atoms with van der Waals surface area (Å²) in [6.45, 7) is 2.73. The number of likely N-dealkylation sites (N-methyl/N-ethyl adjacent to an activating group) is 1. The number of hydrogen-bond donors (Lipinski definition) is 2. The molecule has 3 rings (SSSR count). The molecule has 0 saturated heterocycles. The van der Waals surface area contributed by atoms with Crippen LogP contribution < -0.4 is 20.1 Å². The number of carbonyl (C=O) groups is 1. The number of carbonyl (C=O) groups excluding carboxylic acids is 1. The van der Waals surface area contributed by atoms with E-state index in [0.29, 0.717) is 19.8 Å². The number of benzene rings is 1. The first-order valence-corrected chi connectivity index (χ1v) is 7.29. The predicted molar refractivity (Wildman–Crippen MR) is 80.4 cm³/mol. The summed E-state index contributed by atoms with van der Waals surface area (Å²) in [5.41, 5.74) is 2.93. The van der Waals surface area contributed by atoms with Gasteiger partial charge in [0.1, 0.15) is 11.5 Å². The Labute approximate surface area is 124 Å². The Morgan fingerprint density at radius 1 is 1.29 bits per heavy atom. The number of nitrogens with zero attached hydrogens (tertiary/aromatic N) is 1. The number of amides is 2. The fourth-order valence-corrected chi connectivity index (χ4v) is 2.67. The van der Waals surface area contributed by atoms with Crippen LogP contribution in [0.2, 0.25) is 0 Å². The van der Waals surface area contributed by atoms with E-state index < -0.39 is 0 Å². The molecule has 0 unspecified atom stereocenters. The van der Waals surface area contributed by atoms with Crippen molar-refractivity contribution in [2.24, 2.45) is 0 Å². The van der Waals surface area contributed by atoms with E-state index in [0.717, 1.165) is 47.7 Å². The fraction of sp³-hybridized carbons (Fsp3) is 0.533. The summed E-state index contributed by atoms with van der Waals surface area (Å²) in [6, 6.07) is 1.84. The van der Waals surface area contributed by atoms with E-state index in [2.05, 4.69) is 10.6 Å². The molecule has 2 heterocycles. The number of urea groups is 1. The van der Waals surface area contributed by atoms with Crippen LogP contribution in [0.1, 0.15) is 11.1 Å². The average molecular weight is 291 g/mol. The van der Waals surface area contributed by atoms with Crippen molar-refractivity contribution in [1.82, 2.24) is 10.2 Å². The molecule has 2 aliphatic rings. The first-order valence-electron chi connectivity index (χ1n) is 7.29. The molecule has 0 fully saturated rings. The van der Waals surface area contributed by atoms with E-state index in [9.17, 15) is 4.79 Å². The van der Waals surface area contributed by atoms with Crippen molar-refractivity contribution in [1.29, 1.82) is 0 Å². The van der Waals surface area contributed by atoms with E-state index >= 15 is 0 Å². The molecule has 0 aliphatic carbocycles. The second-order valence-corrected chi connectivity index (χ2v) is 5.60. The van der Waals surface area contributed by atoms with Crippen LogP contribution >= 0.6 is 0 Å². The summed E-state index contributed by atoms with van der Waals surface area (Å²) in [5.74, 6) is 1.69. The Bertz CT molecular complexity index is 525. The van der Waals surface area contributed by atoms with Crippen molar-refractivity contribution in [3.05, 3.63) is 17.2 Å². The van der Waals surface area contributed by atoms with Crippen LogP contribution in [-0.4, -0.2) is 51.3 Å². The van der Waals surface area contributed by atoms with E-state index in [1.807, 2.05) is 25.1 Å². The van der Waals surface area contributed by atoms with Gasteiger partial charge in [-0.05, 0) is 20.2 Å². The molecule has 0 spiro atoms.